The predicted octanol–water partition coefficient (Wildman–Crippen LogP) is 3.28. The van der Waals surface area contributed by atoms with E-state index in [1.165, 1.54) is 12.8 Å². The maximum atomic E-state index is 12.4. The number of nitrogens with one attached hydrogen (secondary N) is 2. The van der Waals surface area contributed by atoms with E-state index in [0.717, 1.165) is 25.4 Å². The summed E-state index contributed by atoms with van der Waals surface area (Å²) in [6.45, 7) is 3.87. The number of fused-ring (bicyclic) bond motifs is 3. The van der Waals surface area contributed by atoms with E-state index in [-0.39, 0.29) is 5.56 Å². The van der Waals surface area contributed by atoms with Gasteiger partial charge in [0, 0.05) is 23.7 Å². The zero-order valence-electron chi connectivity index (χ0n) is 18.4. The van der Waals surface area contributed by atoms with E-state index in [1.54, 1.807) is 31.5 Å². The first-order chi connectivity index (χ1) is 16.1. The lowest BCUT2D eigenvalue weighted by Gasteiger charge is -2.16. The first-order valence-electron chi connectivity index (χ1n) is 11.0. The number of benzene rings is 2. The standard InChI is InChI=1S/C24H26N6O3/c1-32-21-13-16(33-11-10-30-8-2-3-9-30)5-7-19(21)28-24-26-14-20-22(29-24)17-6-4-15(25)12-18(17)23(31)27-20/h4-7,12-14H,2-3,8-11,25H2,1H3,(H,27,31)(H,26,28,29). The summed E-state index contributed by atoms with van der Waals surface area (Å²) in [5, 5.41) is 4.40. The van der Waals surface area contributed by atoms with Crippen molar-refractivity contribution in [2.24, 2.45) is 0 Å². The zero-order chi connectivity index (χ0) is 22.8. The summed E-state index contributed by atoms with van der Waals surface area (Å²) < 4.78 is 11.5. The van der Waals surface area contributed by atoms with Crippen LogP contribution in [0.1, 0.15) is 12.8 Å². The Labute approximate surface area is 190 Å². The second-order valence-corrected chi connectivity index (χ2v) is 8.10. The molecule has 2 aromatic carbocycles. The minimum Gasteiger partial charge on any atom is -0.494 e. The highest BCUT2D eigenvalue weighted by atomic mass is 16.5. The number of methoxy groups -OCH3 is 1. The van der Waals surface area contributed by atoms with Crippen LogP contribution in [0.15, 0.2) is 47.4 Å². The summed E-state index contributed by atoms with van der Waals surface area (Å²) >= 11 is 0. The lowest BCUT2D eigenvalue weighted by atomic mass is 10.1. The first kappa shape index (κ1) is 21.0. The number of aromatic amines is 1. The maximum Gasteiger partial charge on any atom is 0.256 e. The average molecular weight is 447 g/mol. The van der Waals surface area contributed by atoms with E-state index in [1.807, 2.05) is 18.2 Å². The molecule has 1 aliphatic heterocycles. The summed E-state index contributed by atoms with van der Waals surface area (Å²) in [5.41, 5.74) is 8.04. The molecular weight excluding hydrogens is 420 g/mol. The SMILES string of the molecule is COc1cc(OCCN2CCCC2)ccc1Nc1ncc2[nH]c(=O)c3cc(N)ccc3c2n1. The summed E-state index contributed by atoms with van der Waals surface area (Å²) in [6.07, 6.45) is 4.13. The molecule has 0 radical (unpaired) electrons. The lowest BCUT2D eigenvalue weighted by molar-refractivity contribution is 0.237. The normalized spacial score (nSPS) is 14.1. The van der Waals surface area contributed by atoms with Gasteiger partial charge in [0.05, 0.1) is 29.9 Å². The van der Waals surface area contributed by atoms with Crippen LogP contribution in [0.25, 0.3) is 21.8 Å². The Kier molecular flexibility index (Phi) is 5.70. The molecule has 0 spiro atoms. The molecule has 0 bridgehead atoms. The Bertz CT molecular complexity index is 1360. The van der Waals surface area contributed by atoms with Crippen LogP contribution < -0.4 is 26.1 Å². The van der Waals surface area contributed by atoms with Gasteiger partial charge in [-0.05, 0) is 56.3 Å². The monoisotopic (exact) mass is 446 g/mol. The second-order valence-electron chi connectivity index (χ2n) is 8.10. The summed E-state index contributed by atoms with van der Waals surface area (Å²) in [7, 11) is 1.61. The van der Waals surface area contributed by atoms with Gasteiger partial charge in [-0.25, -0.2) is 9.97 Å². The number of pyridine rings is 1. The third-order valence-corrected chi connectivity index (χ3v) is 5.87. The summed E-state index contributed by atoms with van der Waals surface area (Å²) in [5.74, 6) is 1.75. The van der Waals surface area contributed by atoms with Crippen LogP contribution in [0.5, 0.6) is 11.5 Å². The highest BCUT2D eigenvalue weighted by Crippen LogP contribution is 2.31. The quantitative estimate of drug-likeness (QED) is 0.292. The molecule has 9 nitrogen and oxygen atoms in total. The molecule has 170 valence electrons. The molecule has 2 aromatic heterocycles. The van der Waals surface area contributed by atoms with Crippen molar-refractivity contribution in [1.29, 1.82) is 0 Å². The van der Waals surface area contributed by atoms with Gasteiger partial charge in [-0.2, -0.15) is 0 Å². The molecule has 4 aromatic rings. The van der Waals surface area contributed by atoms with Gasteiger partial charge in [-0.3, -0.25) is 9.69 Å². The fourth-order valence-corrected chi connectivity index (χ4v) is 4.17. The number of ether oxygens (including phenoxy) is 2. The molecule has 9 heteroatoms. The Morgan fingerprint density at radius 3 is 2.82 bits per heavy atom. The molecular formula is C24H26N6O3. The Morgan fingerprint density at radius 2 is 2.00 bits per heavy atom. The molecule has 4 N–H and O–H groups in total. The van der Waals surface area contributed by atoms with Crippen LogP contribution in [0.4, 0.5) is 17.3 Å². The fourth-order valence-electron chi connectivity index (χ4n) is 4.17. The third kappa shape index (κ3) is 4.40. The van der Waals surface area contributed by atoms with Gasteiger partial charge in [0.1, 0.15) is 23.6 Å². The molecule has 5 rings (SSSR count). The lowest BCUT2D eigenvalue weighted by Crippen LogP contribution is -2.25. The van der Waals surface area contributed by atoms with Crippen molar-refractivity contribution in [2.45, 2.75) is 12.8 Å². The number of nitrogen functional groups attached to an aromatic ring is 1. The topological polar surface area (TPSA) is 118 Å². The van der Waals surface area contributed by atoms with Crippen molar-refractivity contribution in [3.63, 3.8) is 0 Å². The Hall–Kier alpha value is -3.85. The average Bonchev–Trinajstić information content (AvgIpc) is 3.34. The smallest absolute Gasteiger partial charge is 0.256 e. The van der Waals surface area contributed by atoms with Crippen molar-refractivity contribution in [2.75, 3.05) is 44.4 Å². The van der Waals surface area contributed by atoms with Crippen LogP contribution in [0, 0.1) is 0 Å². The number of rotatable bonds is 7. The predicted molar refractivity (Wildman–Crippen MR) is 130 cm³/mol. The summed E-state index contributed by atoms with van der Waals surface area (Å²) in [6, 6.07) is 10.8. The number of nitrogens with two attached hydrogens (primary N) is 1. The fraction of sp³-hybridized carbons (Fsp3) is 0.292. The van der Waals surface area contributed by atoms with E-state index >= 15 is 0 Å². The molecule has 1 saturated heterocycles. The minimum absolute atomic E-state index is 0.226. The van der Waals surface area contributed by atoms with Gasteiger partial charge in [-0.1, -0.05) is 0 Å². The van der Waals surface area contributed by atoms with E-state index in [0.29, 0.717) is 51.5 Å². The number of nitrogens with zero attached hydrogens (tertiary/aromatic N) is 3. The molecule has 0 saturated carbocycles. The third-order valence-electron chi connectivity index (χ3n) is 5.87. The van der Waals surface area contributed by atoms with E-state index in [9.17, 15) is 4.79 Å². The summed E-state index contributed by atoms with van der Waals surface area (Å²) in [4.78, 5) is 26.6. The number of anilines is 3. The van der Waals surface area contributed by atoms with Gasteiger partial charge in [0.2, 0.25) is 5.95 Å². The highest BCUT2D eigenvalue weighted by Gasteiger charge is 2.13. The first-order valence-corrected chi connectivity index (χ1v) is 11.0. The number of likely N-dealkylation sites (tertiary alicyclic amines) is 1. The van der Waals surface area contributed by atoms with Crippen LogP contribution in [0.3, 0.4) is 0 Å². The van der Waals surface area contributed by atoms with Crippen molar-refractivity contribution >= 4 is 39.1 Å². The van der Waals surface area contributed by atoms with Crippen molar-refractivity contribution in [3.8, 4) is 11.5 Å². The van der Waals surface area contributed by atoms with Crippen LogP contribution in [-0.2, 0) is 0 Å². The van der Waals surface area contributed by atoms with E-state index in [4.69, 9.17) is 15.2 Å². The number of hydrogen-bond acceptors (Lipinski definition) is 8. The number of aromatic nitrogens is 3. The van der Waals surface area contributed by atoms with Gasteiger partial charge >= 0.3 is 0 Å². The maximum absolute atomic E-state index is 12.4. The zero-order valence-corrected chi connectivity index (χ0v) is 18.4. The van der Waals surface area contributed by atoms with Crippen molar-refractivity contribution in [1.82, 2.24) is 19.9 Å². The van der Waals surface area contributed by atoms with E-state index < -0.39 is 0 Å². The van der Waals surface area contributed by atoms with E-state index in [2.05, 4.69) is 25.2 Å². The Morgan fingerprint density at radius 1 is 1.15 bits per heavy atom. The number of H-pyrrole nitrogens is 1. The van der Waals surface area contributed by atoms with Crippen LogP contribution in [-0.4, -0.2) is 53.2 Å². The van der Waals surface area contributed by atoms with Crippen LogP contribution >= 0.6 is 0 Å². The van der Waals surface area contributed by atoms with Gasteiger partial charge < -0.3 is 25.5 Å². The van der Waals surface area contributed by atoms with Crippen molar-refractivity contribution in [3.05, 3.63) is 52.9 Å². The second kappa shape index (κ2) is 8.95. The highest BCUT2D eigenvalue weighted by molar-refractivity contribution is 6.03. The van der Waals surface area contributed by atoms with Gasteiger partial charge in [-0.15, -0.1) is 0 Å². The molecule has 1 fully saturated rings. The molecule has 0 unspecified atom stereocenters. The molecule has 0 atom stereocenters. The minimum atomic E-state index is -0.226. The van der Waals surface area contributed by atoms with Crippen LogP contribution in [0.2, 0.25) is 0 Å². The molecule has 0 amide bonds. The molecule has 1 aliphatic rings. The Balaban J connectivity index is 1.38. The van der Waals surface area contributed by atoms with Crippen molar-refractivity contribution < 1.29 is 9.47 Å². The number of hydrogen-bond donors (Lipinski definition) is 3. The molecule has 33 heavy (non-hydrogen) atoms. The largest absolute Gasteiger partial charge is 0.494 e. The van der Waals surface area contributed by atoms with Gasteiger partial charge in [0.15, 0.2) is 0 Å². The van der Waals surface area contributed by atoms with Gasteiger partial charge in [0.25, 0.3) is 5.56 Å². The molecule has 0 aliphatic carbocycles. The molecule has 3 heterocycles.